The van der Waals surface area contributed by atoms with Crippen LogP contribution in [-0.4, -0.2) is 105 Å². The molecule has 1 saturated carbocycles. The lowest BCUT2D eigenvalue weighted by Crippen LogP contribution is -2.66. The fourth-order valence-electron chi connectivity index (χ4n) is 3.55. The Balaban J connectivity index is 0.000000841. The van der Waals surface area contributed by atoms with E-state index in [1.807, 2.05) is 0 Å². The van der Waals surface area contributed by atoms with Crippen molar-refractivity contribution in [2.24, 2.45) is 0 Å². The highest BCUT2D eigenvalue weighted by atomic mass is 31.2. The maximum absolute atomic E-state index is 11.4. The first-order valence-electron chi connectivity index (χ1n) is 11.1. The molecule has 14 N–H and O–H groups in total. The van der Waals surface area contributed by atoms with Crippen LogP contribution < -0.4 is 0 Å². The van der Waals surface area contributed by atoms with E-state index in [9.17, 15) is 32.0 Å². The van der Waals surface area contributed by atoms with Crippen LogP contribution in [0, 0.1) is 0 Å². The van der Waals surface area contributed by atoms with Crippen molar-refractivity contribution in [2.75, 3.05) is 0 Å². The van der Waals surface area contributed by atoms with E-state index in [2.05, 4.69) is 27.1 Å². The number of phosphoric acid groups is 6. The summed E-state index contributed by atoms with van der Waals surface area (Å²) in [6.45, 7) is 0. The van der Waals surface area contributed by atoms with Crippen LogP contribution in [-0.2, 0) is 59.1 Å². The van der Waals surface area contributed by atoms with Crippen molar-refractivity contribution in [3.05, 3.63) is 35.9 Å². The van der Waals surface area contributed by atoms with Gasteiger partial charge in [-0.3, -0.25) is 27.1 Å². The Labute approximate surface area is 261 Å². The molecule has 1 aromatic rings. The zero-order valence-corrected chi connectivity index (χ0v) is 28.4. The smallest absolute Gasteiger partial charge is 0.345 e. The lowest BCUT2D eigenvalue weighted by Gasteiger charge is -2.48. The molecule has 0 aromatic heterocycles. The van der Waals surface area contributed by atoms with Crippen LogP contribution in [0.25, 0.3) is 0 Å². The third-order valence-electron chi connectivity index (χ3n) is 4.80. The fourth-order valence-corrected chi connectivity index (χ4v) is 7.31. The molecule has 2 unspecified atom stereocenters. The Morgan fingerprint density at radius 2 is 0.660 bits per heavy atom. The first-order chi connectivity index (χ1) is 20.8. The molecule has 47 heavy (non-hydrogen) atoms. The minimum absolute atomic E-state index is 0.469. The minimum atomic E-state index is -6.02. The molecule has 34 heteroatoms. The number of aliphatic hydroxyl groups is 1. The summed E-state index contributed by atoms with van der Waals surface area (Å²) in [7, 11) is -38.6. The van der Waals surface area contributed by atoms with Crippen LogP contribution in [0.3, 0.4) is 0 Å². The second-order valence-electron chi connectivity index (χ2n) is 8.45. The summed E-state index contributed by atoms with van der Waals surface area (Å²) in [5.41, 5.74) is 0.469. The summed E-state index contributed by atoms with van der Waals surface area (Å²) in [6, 6.07) is 8.40. The summed E-state index contributed by atoms with van der Waals surface area (Å²) in [5, 5.41) is 9.06. The van der Waals surface area contributed by atoms with Gasteiger partial charge < -0.3 is 63.8 Å². The average molecular weight is 831 g/mol. The molecule has 0 aliphatic heterocycles. The molecule has 0 spiro atoms. The van der Waals surface area contributed by atoms with Crippen molar-refractivity contribution in [2.45, 2.75) is 42.5 Å². The quantitative estimate of drug-likeness (QED) is 0.0927. The van der Waals surface area contributed by atoms with Crippen LogP contribution in [0.15, 0.2) is 30.3 Å². The number of rotatable bonds is 14. The lowest BCUT2D eigenvalue weighted by atomic mass is 9.85. The molecule has 0 saturated heterocycles. The summed E-state index contributed by atoms with van der Waals surface area (Å²) < 4.78 is 104. The largest absolute Gasteiger partial charge is 0.542 e. The van der Waals surface area contributed by atoms with Crippen molar-refractivity contribution >= 4 is 55.0 Å². The number of aliphatic hydroxyl groups excluding tert-OH is 1. The molecule has 0 bridgehead atoms. The van der Waals surface area contributed by atoms with Gasteiger partial charge in [-0.25, -0.2) is 27.4 Å². The van der Waals surface area contributed by atoms with E-state index in [1.54, 1.807) is 30.3 Å². The Morgan fingerprint density at radius 3 is 0.809 bits per heavy atom. The van der Waals surface area contributed by atoms with E-state index in [4.69, 9.17) is 68.7 Å². The average Bonchev–Trinajstić information content (AvgIpc) is 2.82. The second-order valence-corrected chi connectivity index (χ2v) is 16.7. The van der Waals surface area contributed by atoms with E-state index in [0.29, 0.717) is 5.56 Å². The molecule has 1 aliphatic rings. The topological polar surface area (TPSA) is 458 Å². The van der Waals surface area contributed by atoms with Gasteiger partial charge in [-0.15, -0.1) is 0 Å². The van der Waals surface area contributed by atoms with Gasteiger partial charge in [0, 0.05) is 5.56 Å². The van der Waals surface area contributed by atoms with Crippen molar-refractivity contribution in [3.63, 3.8) is 0 Å². The molecule has 0 heterocycles. The molecular weight excluding hydrogens is 805 g/mol. The van der Waals surface area contributed by atoms with Crippen LogP contribution in [0.4, 0.5) is 0 Å². The van der Waals surface area contributed by atoms with Crippen molar-refractivity contribution in [3.8, 4) is 0 Å². The van der Waals surface area contributed by atoms with Crippen molar-refractivity contribution in [1.82, 2.24) is 0 Å². The molecule has 0 amide bonds. The highest BCUT2D eigenvalue weighted by Crippen LogP contribution is 2.57. The van der Waals surface area contributed by atoms with Gasteiger partial charge in [-0.2, -0.15) is 4.89 Å². The summed E-state index contributed by atoms with van der Waals surface area (Å²) in [6.07, 6.45) is -18.9. The highest BCUT2D eigenvalue weighted by Gasteiger charge is 2.62. The van der Waals surface area contributed by atoms with E-state index in [1.165, 1.54) is 0 Å². The SMILES string of the molecule is O=P(O)(O)OC1C(OP(=O)(O)O)C(OP(=O)(O)O)C(OP(=O)(O)O)C(OP(=O)(O)O)C1OP(=O)(O)O.O=[P+](O)C(O)c1ccccc1. The minimum Gasteiger partial charge on any atom is -0.345 e. The summed E-state index contributed by atoms with van der Waals surface area (Å²) >= 11 is 0. The first-order valence-corrected chi connectivity index (χ1v) is 21.6. The maximum atomic E-state index is 11.4. The molecule has 274 valence electrons. The Kier molecular flexibility index (Phi) is 16.2. The van der Waals surface area contributed by atoms with Gasteiger partial charge in [0.15, 0.2) is 0 Å². The van der Waals surface area contributed by atoms with Crippen LogP contribution >= 0.6 is 55.0 Å². The molecule has 1 aromatic carbocycles. The van der Waals surface area contributed by atoms with Gasteiger partial charge in [0.05, 0.1) is 0 Å². The van der Waals surface area contributed by atoms with Crippen LogP contribution in [0.2, 0.25) is 0 Å². The molecule has 0 radical (unpaired) electrons. The predicted molar refractivity (Wildman–Crippen MR) is 143 cm³/mol. The van der Waals surface area contributed by atoms with E-state index in [0.717, 1.165) is 0 Å². The molecule has 2 atom stereocenters. The zero-order valence-electron chi connectivity index (χ0n) is 22.1. The van der Waals surface area contributed by atoms with Crippen LogP contribution in [0.5, 0.6) is 0 Å². The van der Waals surface area contributed by atoms with Crippen molar-refractivity contribution in [1.29, 1.82) is 0 Å². The number of hydrogen-bond acceptors (Lipinski definition) is 14. The van der Waals surface area contributed by atoms with E-state index < -0.39 is 97.4 Å². The number of benzene rings is 1. The van der Waals surface area contributed by atoms with Gasteiger partial charge >= 0.3 is 60.8 Å². The van der Waals surface area contributed by atoms with Crippen molar-refractivity contribution < 1.29 is 128 Å². The Morgan fingerprint density at radius 1 is 0.468 bits per heavy atom. The Bertz CT molecular complexity index is 1250. The zero-order chi connectivity index (χ0) is 37.0. The van der Waals surface area contributed by atoms with E-state index >= 15 is 0 Å². The Hall–Kier alpha value is -0.100. The van der Waals surface area contributed by atoms with Gasteiger partial charge in [-0.05, 0) is 4.57 Å². The summed E-state index contributed by atoms with van der Waals surface area (Å²) in [4.78, 5) is 118. The molecule has 1 fully saturated rings. The van der Waals surface area contributed by atoms with Gasteiger partial charge in [0.1, 0.15) is 36.6 Å². The number of phosphoric ester groups is 6. The third-order valence-corrected chi connectivity index (χ3v) is 8.63. The second kappa shape index (κ2) is 16.9. The number of hydrogen-bond donors (Lipinski definition) is 14. The lowest BCUT2D eigenvalue weighted by molar-refractivity contribution is -0.202. The molecule has 1 aliphatic carbocycles. The molecule has 27 nitrogen and oxygen atoms in total. The first kappa shape index (κ1) is 44.9. The third kappa shape index (κ3) is 18.1. The van der Waals surface area contributed by atoms with Gasteiger partial charge in [-0.1, -0.05) is 30.3 Å². The van der Waals surface area contributed by atoms with E-state index in [-0.39, 0.29) is 0 Å². The van der Waals surface area contributed by atoms with Crippen LogP contribution in [0.1, 0.15) is 11.4 Å². The monoisotopic (exact) mass is 831 g/mol. The highest BCUT2D eigenvalue weighted by molar-refractivity contribution is 7.47. The van der Waals surface area contributed by atoms with Gasteiger partial charge in [0.2, 0.25) is 0 Å². The predicted octanol–water partition coefficient (Wildman–Crippen LogP) is -1.72. The fraction of sp³-hybridized carbons (Fsp3) is 0.538. The maximum Gasteiger partial charge on any atom is 0.542 e. The standard InChI is InChI=1S/C7H7O3P.C6H18O24P6/c8-7(11(9)10)6-4-2-1-3-5-6;7-31(8,9)25-1-2(26-32(10,11)12)4(28-34(16,17)18)6(30-36(22,23)24)5(29-35(19,20)21)3(1)27-33(13,14)15/h1-5,7-8H;1-6H,(H2,7,8,9)(H2,10,11,12)(H2,13,14,15)(H2,16,17,18)(H2,19,20,21)(H2,22,23,24)/p+1. The molecule has 2 rings (SSSR count). The molecular formula is C13H26O27P7+. The normalized spacial score (nSPS) is 25.8. The van der Waals surface area contributed by atoms with Gasteiger partial charge in [0.25, 0.3) is 0 Å². The summed E-state index contributed by atoms with van der Waals surface area (Å²) in [5.74, 6) is -1.26.